The second kappa shape index (κ2) is 10.4. The SMILES string of the molecule is COc1ncc(-c2nc3c(n2C(C)C)C(c2ccc(Cl)c(F)c2)N(c2ccc(F)c(Cl)c2)C(=O)C3)c(OC)n1. The Kier molecular flexibility index (Phi) is 7.17. The van der Waals surface area contributed by atoms with Crippen molar-refractivity contribution in [2.75, 3.05) is 19.1 Å². The van der Waals surface area contributed by atoms with Crippen LogP contribution < -0.4 is 14.4 Å². The van der Waals surface area contributed by atoms with Gasteiger partial charge in [0.2, 0.25) is 11.8 Å². The quantitative estimate of drug-likeness (QED) is 0.273. The van der Waals surface area contributed by atoms with Gasteiger partial charge in [0.25, 0.3) is 0 Å². The van der Waals surface area contributed by atoms with Gasteiger partial charge in [-0.3, -0.25) is 9.69 Å². The zero-order valence-electron chi connectivity index (χ0n) is 21.4. The first-order valence-corrected chi connectivity index (χ1v) is 12.7. The minimum absolute atomic E-state index is 0.0596. The fraction of sp³-hybridized carbons (Fsp3) is 0.259. The van der Waals surface area contributed by atoms with Crippen LogP contribution in [0.25, 0.3) is 11.4 Å². The lowest BCUT2D eigenvalue weighted by atomic mass is 9.93. The van der Waals surface area contributed by atoms with E-state index in [0.717, 1.165) is 0 Å². The zero-order chi connectivity index (χ0) is 28.0. The highest BCUT2D eigenvalue weighted by molar-refractivity contribution is 6.31. The summed E-state index contributed by atoms with van der Waals surface area (Å²) in [6.07, 6.45) is 1.47. The lowest BCUT2D eigenvalue weighted by molar-refractivity contribution is -0.118. The zero-order valence-corrected chi connectivity index (χ0v) is 22.9. The average Bonchev–Trinajstić information content (AvgIpc) is 3.29. The molecule has 5 rings (SSSR count). The molecule has 0 bridgehead atoms. The second-order valence-corrected chi connectivity index (χ2v) is 9.94. The summed E-state index contributed by atoms with van der Waals surface area (Å²) in [5.74, 6) is -0.912. The van der Waals surface area contributed by atoms with Crippen LogP contribution in [0.3, 0.4) is 0 Å². The maximum absolute atomic E-state index is 14.8. The van der Waals surface area contributed by atoms with E-state index in [1.54, 1.807) is 6.07 Å². The smallest absolute Gasteiger partial charge is 0.319 e. The molecule has 1 unspecified atom stereocenters. The van der Waals surface area contributed by atoms with E-state index < -0.39 is 17.7 Å². The summed E-state index contributed by atoms with van der Waals surface area (Å²) in [6.45, 7) is 3.91. The number of ether oxygens (including phenoxy) is 2. The van der Waals surface area contributed by atoms with Crippen LogP contribution in [-0.4, -0.2) is 39.6 Å². The van der Waals surface area contributed by atoms with Crippen molar-refractivity contribution in [2.24, 2.45) is 0 Å². The maximum atomic E-state index is 14.8. The average molecular weight is 574 g/mol. The number of fused-ring (bicyclic) bond motifs is 1. The molecule has 0 spiro atoms. The number of rotatable bonds is 6. The number of halogens is 4. The number of benzene rings is 2. The number of carbonyl (C=O) groups excluding carboxylic acids is 1. The molecule has 1 aliphatic heterocycles. The molecule has 8 nitrogen and oxygen atoms in total. The lowest BCUT2D eigenvalue weighted by Crippen LogP contribution is -2.42. The fourth-order valence-corrected chi connectivity index (χ4v) is 5.09. The topological polar surface area (TPSA) is 82.4 Å². The van der Waals surface area contributed by atoms with Crippen LogP contribution in [0.15, 0.2) is 42.6 Å². The van der Waals surface area contributed by atoms with Gasteiger partial charge in [-0.05, 0) is 49.7 Å². The summed E-state index contributed by atoms with van der Waals surface area (Å²) in [7, 11) is 2.91. The van der Waals surface area contributed by atoms with Crippen molar-refractivity contribution in [1.82, 2.24) is 19.5 Å². The summed E-state index contributed by atoms with van der Waals surface area (Å²) in [5, 5.41) is -0.207. The number of carbonyl (C=O) groups is 1. The summed E-state index contributed by atoms with van der Waals surface area (Å²) in [6, 6.07) is 7.47. The van der Waals surface area contributed by atoms with E-state index in [1.807, 2.05) is 18.4 Å². The summed E-state index contributed by atoms with van der Waals surface area (Å²) in [4.78, 5) is 28.5. The Morgan fingerprint density at radius 1 is 1.00 bits per heavy atom. The van der Waals surface area contributed by atoms with E-state index in [2.05, 4.69) is 9.97 Å². The van der Waals surface area contributed by atoms with Crippen molar-refractivity contribution in [2.45, 2.75) is 32.4 Å². The van der Waals surface area contributed by atoms with Crippen LogP contribution in [0.4, 0.5) is 14.5 Å². The Labute approximate surface area is 233 Å². The van der Waals surface area contributed by atoms with Gasteiger partial charge in [0.05, 0.1) is 47.6 Å². The normalized spacial score (nSPS) is 15.1. The number of methoxy groups -OCH3 is 2. The molecular formula is C27H23Cl2F2N5O3. The monoisotopic (exact) mass is 573 g/mol. The van der Waals surface area contributed by atoms with Gasteiger partial charge in [-0.15, -0.1) is 0 Å². The molecule has 12 heteroatoms. The molecule has 0 saturated heterocycles. The number of aromatic nitrogens is 4. The number of imidazole rings is 1. The Morgan fingerprint density at radius 2 is 1.77 bits per heavy atom. The minimum atomic E-state index is -0.844. The van der Waals surface area contributed by atoms with Crippen molar-refractivity contribution in [3.05, 3.63) is 81.2 Å². The van der Waals surface area contributed by atoms with Gasteiger partial charge in [0, 0.05) is 17.9 Å². The molecule has 39 heavy (non-hydrogen) atoms. The van der Waals surface area contributed by atoms with Gasteiger partial charge in [0.15, 0.2) is 0 Å². The number of hydrogen-bond acceptors (Lipinski definition) is 6. The summed E-state index contributed by atoms with van der Waals surface area (Å²) < 4.78 is 41.4. The largest absolute Gasteiger partial charge is 0.480 e. The molecule has 0 fully saturated rings. The maximum Gasteiger partial charge on any atom is 0.319 e. The fourth-order valence-electron chi connectivity index (χ4n) is 4.79. The van der Waals surface area contributed by atoms with Crippen molar-refractivity contribution in [3.8, 4) is 23.3 Å². The number of amides is 1. The van der Waals surface area contributed by atoms with E-state index in [4.69, 9.17) is 37.7 Å². The molecule has 0 N–H and O–H groups in total. The number of nitrogens with zero attached hydrogens (tertiary/aromatic N) is 5. The standard InChI is InChI=1S/C27H23Cl2F2N5O3/c1-13(2)35-24-21(33-25(35)16-12-32-27(39-4)34-26(16)38-3)11-22(37)36(15-6-8-19(30)18(29)10-15)23(24)14-5-7-17(28)20(31)9-14/h5-10,12-13,23H,11H2,1-4H3. The molecular weight excluding hydrogens is 551 g/mol. The first-order chi connectivity index (χ1) is 18.6. The van der Waals surface area contributed by atoms with Crippen molar-refractivity contribution >= 4 is 34.8 Å². The van der Waals surface area contributed by atoms with Crippen LogP contribution in [-0.2, 0) is 11.2 Å². The van der Waals surface area contributed by atoms with Gasteiger partial charge >= 0.3 is 6.01 Å². The number of hydrogen-bond donors (Lipinski definition) is 0. The van der Waals surface area contributed by atoms with Gasteiger partial charge in [0.1, 0.15) is 23.5 Å². The molecule has 3 heterocycles. The van der Waals surface area contributed by atoms with Gasteiger partial charge in [-0.25, -0.2) is 18.7 Å². The highest BCUT2D eigenvalue weighted by Gasteiger charge is 2.41. The molecule has 1 aliphatic rings. The van der Waals surface area contributed by atoms with Crippen LogP contribution in [0.2, 0.25) is 10.0 Å². The Bertz CT molecular complexity index is 1590. The molecule has 0 radical (unpaired) electrons. The molecule has 0 aliphatic carbocycles. The van der Waals surface area contributed by atoms with Gasteiger partial charge in [-0.2, -0.15) is 4.98 Å². The van der Waals surface area contributed by atoms with E-state index in [0.29, 0.717) is 34.0 Å². The van der Waals surface area contributed by atoms with E-state index in [1.165, 1.54) is 55.6 Å². The van der Waals surface area contributed by atoms with E-state index in [9.17, 15) is 13.6 Å². The Balaban J connectivity index is 1.81. The van der Waals surface area contributed by atoms with Crippen LogP contribution in [0.5, 0.6) is 11.9 Å². The Hall–Kier alpha value is -3.76. The summed E-state index contributed by atoms with van der Waals surface area (Å²) in [5.41, 5.74) is 2.40. The van der Waals surface area contributed by atoms with E-state index >= 15 is 0 Å². The van der Waals surface area contributed by atoms with Crippen LogP contribution >= 0.6 is 23.2 Å². The highest BCUT2D eigenvalue weighted by Crippen LogP contribution is 2.44. The number of anilines is 1. The van der Waals surface area contributed by atoms with Crippen LogP contribution in [0, 0.1) is 11.6 Å². The summed E-state index contributed by atoms with van der Waals surface area (Å²) >= 11 is 12.1. The molecule has 0 saturated carbocycles. The predicted molar refractivity (Wildman–Crippen MR) is 143 cm³/mol. The van der Waals surface area contributed by atoms with Crippen LogP contribution in [0.1, 0.15) is 42.9 Å². The molecule has 4 aromatic rings. The lowest BCUT2D eigenvalue weighted by Gasteiger charge is -2.37. The first kappa shape index (κ1) is 26.8. The Morgan fingerprint density at radius 3 is 2.41 bits per heavy atom. The minimum Gasteiger partial charge on any atom is -0.480 e. The third-order valence-electron chi connectivity index (χ3n) is 6.43. The van der Waals surface area contributed by atoms with Crippen molar-refractivity contribution in [1.29, 1.82) is 0 Å². The third kappa shape index (κ3) is 4.68. The molecule has 2 aromatic carbocycles. The van der Waals surface area contributed by atoms with E-state index in [-0.39, 0.29) is 40.3 Å². The van der Waals surface area contributed by atoms with Crippen molar-refractivity contribution in [3.63, 3.8) is 0 Å². The molecule has 1 amide bonds. The molecule has 2 aromatic heterocycles. The molecule has 1 atom stereocenters. The predicted octanol–water partition coefficient (Wildman–Crippen LogP) is 6.20. The highest BCUT2D eigenvalue weighted by atomic mass is 35.5. The third-order valence-corrected chi connectivity index (χ3v) is 7.03. The first-order valence-electron chi connectivity index (χ1n) is 11.9. The second-order valence-electron chi connectivity index (χ2n) is 9.13. The van der Waals surface area contributed by atoms with Crippen molar-refractivity contribution < 1.29 is 23.0 Å². The van der Waals surface area contributed by atoms with Gasteiger partial charge in [-0.1, -0.05) is 29.3 Å². The molecule has 202 valence electrons. The van der Waals surface area contributed by atoms with Gasteiger partial charge < -0.3 is 14.0 Å².